The maximum absolute atomic E-state index is 2.46. The summed E-state index contributed by atoms with van der Waals surface area (Å²) in [7, 11) is 0. The van der Waals surface area contributed by atoms with Crippen molar-refractivity contribution in [2.24, 2.45) is 0 Å². The van der Waals surface area contributed by atoms with E-state index in [0.29, 0.717) is 11.8 Å². The maximum atomic E-state index is 2.46. The Morgan fingerprint density at radius 3 is 2.03 bits per heavy atom. The average Bonchev–Trinajstić information content (AvgIpc) is 3.11. The van der Waals surface area contributed by atoms with Crippen molar-refractivity contribution in [2.45, 2.75) is 60.3 Å². The second-order valence-corrected chi connectivity index (χ2v) is 9.37. The largest absolute Gasteiger partial charge is 0.327 e. The molecule has 0 unspecified atom stereocenters. The van der Waals surface area contributed by atoms with Crippen molar-refractivity contribution in [1.82, 2.24) is 4.90 Å². The van der Waals surface area contributed by atoms with Crippen LogP contribution in [-0.4, -0.2) is 11.6 Å². The number of aryl methyl sites for hydroxylation is 3. The van der Waals surface area contributed by atoms with E-state index in [9.17, 15) is 0 Å². The lowest BCUT2D eigenvalue weighted by molar-refractivity contribution is 0.542. The van der Waals surface area contributed by atoms with E-state index in [0.717, 1.165) is 6.67 Å². The molecule has 0 fully saturated rings. The molecule has 2 nitrogen and oxygen atoms in total. The summed E-state index contributed by atoms with van der Waals surface area (Å²) < 4.78 is 0. The summed E-state index contributed by atoms with van der Waals surface area (Å²) in [5, 5.41) is 0. The summed E-state index contributed by atoms with van der Waals surface area (Å²) in [4.78, 5) is 4.92. The Morgan fingerprint density at radius 1 is 0.867 bits per heavy atom. The van der Waals surface area contributed by atoms with Crippen LogP contribution in [0.2, 0.25) is 0 Å². The van der Waals surface area contributed by atoms with Gasteiger partial charge in [-0.1, -0.05) is 69.7 Å². The summed E-state index contributed by atoms with van der Waals surface area (Å²) in [6.07, 6.45) is 9.02. The minimum Gasteiger partial charge on any atom is -0.327 e. The lowest BCUT2D eigenvalue weighted by Gasteiger charge is -2.31. The van der Waals surface area contributed by atoms with Crippen molar-refractivity contribution >= 4 is 11.4 Å². The van der Waals surface area contributed by atoms with Crippen molar-refractivity contribution in [1.29, 1.82) is 0 Å². The van der Waals surface area contributed by atoms with Gasteiger partial charge in [-0.2, -0.15) is 0 Å². The molecular weight excluding hydrogens is 364 g/mol. The van der Waals surface area contributed by atoms with Crippen LogP contribution >= 0.6 is 0 Å². The second-order valence-electron chi connectivity index (χ2n) is 9.37. The molecule has 2 aromatic rings. The third kappa shape index (κ3) is 3.49. The van der Waals surface area contributed by atoms with Gasteiger partial charge in [0.15, 0.2) is 0 Å². The van der Waals surface area contributed by atoms with Gasteiger partial charge in [0.25, 0.3) is 0 Å². The fraction of sp³-hybridized carbons (Fsp3) is 0.357. The molecule has 0 amide bonds. The highest BCUT2D eigenvalue weighted by atomic mass is 15.4. The second kappa shape index (κ2) is 7.83. The first-order valence-corrected chi connectivity index (χ1v) is 11.1. The van der Waals surface area contributed by atoms with Crippen LogP contribution in [0.25, 0.3) is 5.70 Å². The Balaban J connectivity index is 1.78. The lowest BCUT2D eigenvalue weighted by Crippen LogP contribution is -2.28. The summed E-state index contributed by atoms with van der Waals surface area (Å²) in [5.74, 6) is 0.976. The van der Waals surface area contributed by atoms with E-state index in [1.54, 1.807) is 0 Å². The highest BCUT2D eigenvalue weighted by molar-refractivity contribution is 5.77. The molecule has 2 heterocycles. The Hall–Kier alpha value is -2.74. The van der Waals surface area contributed by atoms with Crippen LogP contribution in [0.5, 0.6) is 0 Å². The molecule has 0 saturated carbocycles. The molecule has 4 rings (SSSR count). The standard InChI is InChI=1S/C28H34N2/c1-18(2)24-11-9-12-25(19(3)4)28(24)29-16-23-10-8-13-26(30(23)17-29)27-21(6)14-20(5)15-22(27)7/h8-16,18-19H,17H2,1-7H3. The smallest absolute Gasteiger partial charge is 0.0996 e. The van der Waals surface area contributed by atoms with Crippen LogP contribution in [0.4, 0.5) is 5.69 Å². The molecule has 156 valence electrons. The average molecular weight is 399 g/mol. The summed E-state index contributed by atoms with van der Waals surface area (Å²) in [6.45, 7) is 16.7. The minimum absolute atomic E-state index is 0.488. The normalized spacial score (nSPS) is 15.8. The quantitative estimate of drug-likeness (QED) is 0.530. The van der Waals surface area contributed by atoms with Crippen molar-refractivity contribution in [3.05, 3.63) is 93.8 Å². The first-order valence-electron chi connectivity index (χ1n) is 11.1. The number of para-hydroxylation sites is 1. The van der Waals surface area contributed by atoms with Crippen LogP contribution < -0.4 is 4.90 Å². The van der Waals surface area contributed by atoms with Crippen LogP contribution in [0, 0.1) is 20.8 Å². The Bertz CT molecular complexity index is 1020. The molecule has 0 bridgehead atoms. The topological polar surface area (TPSA) is 6.48 Å². The third-order valence-electron chi connectivity index (χ3n) is 6.27. The number of hydrogen-bond donors (Lipinski definition) is 0. The number of allylic oxidation sites excluding steroid dienone is 3. The van der Waals surface area contributed by atoms with Gasteiger partial charge in [-0.05, 0) is 67.0 Å². The number of nitrogens with zero attached hydrogens (tertiary/aromatic N) is 2. The first kappa shape index (κ1) is 20.5. The van der Waals surface area contributed by atoms with Crippen molar-refractivity contribution < 1.29 is 0 Å². The van der Waals surface area contributed by atoms with E-state index in [1.807, 2.05) is 0 Å². The van der Waals surface area contributed by atoms with Gasteiger partial charge in [-0.15, -0.1) is 0 Å². The van der Waals surface area contributed by atoms with Gasteiger partial charge in [-0.3, -0.25) is 0 Å². The summed E-state index contributed by atoms with van der Waals surface area (Å²) >= 11 is 0. The SMILES string of the molecule is Cc1cc(C)c(C2=CC=CC3=CN(c4c(C(C)C)cccc4C(C)C)CN32)c(C)c1. The summed E-state index contributed by atoms with van der Waals surface area (Å²) in [6, 6.07) is 11.4. The van der Waals surface area contributed by atoms with E-state index in [-0.39, 0.29) is 0 Å². The van der Waals surface area contributed by atoms with Crippen LogP contribution in [-0.2, 0) is 0 Å². The fourth-order valence-corrected chi connectivity index (χ4v) is 4.96. The fourth-order valence-electron chi connectivity index (χ4n) is 4.96. The Kier molecular flexibility index (Phi) is 5.36. The van der Waals surface area contributed by atoms with Crippen LogP contribution in [0.3, 0.4) is 0 Å². The van der Waals surface area contributed by atoms with Crippen LogP contribution in [0.1, 0.15) is 72.9 Å². The predicted molar refractivity (Wildman–Crippen MR) is 130 cm³/mol. The molecule has 2 aliphatic heterocycles. The van der Waals surface area contributed by atoms with E-state index in [2.05, 4.69) is 113 Å². The molecule has 0 atom stereocenters. The molecule has 0 radical (unpaired) electrons. The van der Waals surface area contributed by atoms with E-state index in [4.69, 9.17) is 0 Å². The highest BCUT2D eigenvalue weighted by Gasteiger charge is 2.30. The first-order chi connectivity index (χ1) is 14.3. The number of benzene rings is 2. The molecule has 0 spiro atoms. The number of rotatable bonds is 4. The van der Waals surface area contributed by atoms with Crippen molar-refractivity contribution in [3.8, 4) is 0 Å². The Morgan fingerprint density at radius 2 is 1.47 bits per heavy atom. The van der Waals surface area contributed by atoms with Gasteiger partial charge in [0, 0.05) is 17.5 Å². The molecule has 2 heteroatoms. The van der Waals surface area contributed by atoms with Gasteiger partial charge >= 0.3 is 0 Å². The molecule has 0 N–H and O–H groups in total. The van der Waals surface area contributed by atoms with Crippen molar-refractivity contribution in [2.75, 3.05) is 11.6 Å². The lowest BCUT2D eigenvalue weighted by atomic mass is 9.92. The van der Waals surface area contributed by atoms with Gasteiger partial charge in [0.2, 0.25) is 0 Å². The highest BCUT2D eigenvalue weighted by Crippen LogP contribution is 2.41. The van der Waals surface area contributed by atoms with Gasteiger partial charge in [0.1, 0.15) is 0 Å². The third-order valence-corrected chi connectivity index (χ3v) is 6.27. The number of hydrogen-bond acceptors (Lipinski definition) is 2. The molecule has 2 aromatic carbocycles. The van der Waals surface area contributed by atoms with Crippen LogP contribution in [0.15, 0.2) is 60.5 Å². The van der Waals surface area contributed by atoms with E-state index in [1.165, 1.54) is 50.5 Å². The molecule has 0 aliphatic carbocycles. The zero-order chi connectivity index (χ0) is 21.6. The molecular formula is C28H34N2. The predicted octanol–water partition coefficient (Wildman–Crippen LogP) is 7.39. The Labute approximate surface area is 182 Å². The van der Waals surface area contributed by atoms with Gasteiger partial charge < -0.3 is 9.80 Å². The number of anilines is 1. The molecule has 2 aliphatic rings. The minimum atomic E-state index is 0.488. The van der Waals surface area contributed by atoms with Gasteiger partial charge in [0.05, 0.1) is 18.1 Å². The monoisotopic (exact) mass is 398 g/mol. The zero-order valence-electron chi connectivity index (χ0n) is 19.5. The maximum Gasteiger partial charge on any atom is 0.0996 e. The van der Waals surface area contributed by atoms with Gasteiger partial charge in [-0.25, -0.2) is 0 Å². The van der Waals surface area contributed by atoms with E-state index < -0.39 is 0 Å². The molecule has 0 aromatic heterocycles. The van der Waals surface area contributed by atoms with E-state index >= 15 is 0 Å². The molecule has 30 heavy (non-hydrogen) atoms. The van der Waals surface area contributed by atoms with Crippen molar-refractivity contribution in [3.63, 3.8) is 0 Å². The molecule has 0 saturated heterocycles. The zero-order valence-corrected chi connectivity index (χ0v) is 19.5. The summed E-state index contributed by atoms with van der Waals surface area (Å²) in [5.41, 5.74) is 12.2. The number of fused-ring (bicyclic) bond motifs is 1.